The van der Waals surface area contributed by atoms with Gasteiger partial charge in [0.1, 0.15) is 0 Å². The molecule has 0 unspecified atom stereocenters. The number of rotatable bonds is 8. The Balaban J connectivity index is 0.00000129. The highest BCUT2D eigenvalue weighted by Crippen LogP contribution is 2.44. The number of likely N-dealkylation sites (N-methyl/N-ethyl adjacent to an activating group) is 1. The Hall–Kier alpha value is -0.830. The summed E-state index contributed by atoms with van der Waals surface area (Å²) in [6.07, 6.45) is 1.67. The second-order valence-electron chi connectivity index (χ2n) is 7.85. The molecule has 0 radical (unpaired) electrons. The van der Waals surface area contributed by atoms with Crippen LogP contribution in [0.2, 0.25) is 0 Å². The minimum atomic E-state index is -3.81. The molecule has 186 valence electrons. The van der Waals surface area contributed by atoms with E-state index < -0.39 is 23.8 Å². The van der Waals surface area contributed by atoms with Crippen molar-refractivity contribution in [3.8, 4) is 0 Å². The number of hydrogen-bond acceptors (Lipinski definition) is 5. The van der Waals surface area contributed by atoms with E-state index in [1.807, 2.05) is 25.2 Å². The SMILES string of the molecule is CN(CCCC1(c2ccccc2)S(=O)(=O)CCCS1(=O)=O)CCc1ccccc1.Cl.ClCCl. The molecule has 2 aromatic carbocycles. The zero-order valence-electron chi connectivity index (χ0n) is 18.7. The topological polar surface area (TPSA) is 71.5 Å². The lowest BCUT2D eigenvalue weighted by Gasteiger charge is -2.37. The molecule has 0 aliphatic carbocycles. The van der Waals surface area contributed by atoms with Crippen molar-refractivity contribution in [1.29, 1.82) is 0 Å². The zero-order chi connectivity index (χ0) is 23.7. The van der Waals surface area contributed by atoms with E-state index in [9.17, 15) is 16.8 Å². The van der Waals surface area contributed by atoms with Crippen LogP contribution in [-0.2, 0) is 30.2 Å². The zero-order valence-corrected chi connectivity index (χ0v) is 22.7. The third kappa shape index (κ3) is 7.58. The molecule has 1 aliphatic rings. The molecule has 0 saturated carbocycles. The van der Waals surface area contributed by atoms with E-state index in [1.54, 1.807) is 30.3 Å². The summed E-state index contributed by atoms with van der Waals surface area (Å²) in [5.41, 5.74) is 1.63. The fourth-order valence-corrected chi connectivity index (χ4v) is 9.97. The highest BCUT2D eigenvalue weighted by atomic mass is 35.5. The standard InChI is InChI=1S/C22H29NO4S2.CH2Cl2.ClH/c1-23(17-14-20-10-4-2-5-11-20)16-8-15-22(21-12-6-3-7-13-21)28(24,25)18-9-19-29(22,26)27;2-1-3;/h2-7,10-13H,8-9,14-19H2,1H3;1H2;1H. The fourth-order valence-electron chi connectivity index (χ4n) is 4.13. The molecule has 0 spiro atoms. The summed E-state index contributed by atoms with van der Waals surface area (Å²) in [7, 11) is -5.62. The number of alkyl halides is 2. The van der Waals surface area contributed by atoms with Gasteiger partial charge in [0.15, 0.2) is 23.8 Å². The number of hydrogen-bond donors (Lipinski definition) is 0. The van der Waals surface area contributed by atoms with Gasteiger partial charge in [0.05, 0.1) is 16.8 Å². The number of halogens is 3. The number of nitrogens with zero attached hydrogens (tertiary/aromatic N) is 1. The maximum absolute atomic E-state index is 13.1. The molecule has 33 heavy (non-hydrogen) atoms. The van der Waals surface area contributed by atoms with Gasteiger partial charge in [-0.15, -0.1) is 35.6 Å². The van der Waals surface area contributed by atoms with Crippen LogP contribution in [0.4, 0.5) is 0 Å². The van der Waals surface area contributed by atoms with Crippen molar-refractivity contribution >= 4 is 55.3 Å². The van der Waals surface area contributed by atoms with E-state index in [1.165, 1.54) is 5.56 Å². The Labute approximate surface area is 214 Å². The molecule has 3 rings (SSSR count). The highest BCUT2D eigenvalue weighted by Gasteiger charge is 2.57. The van der Waals surface area contributed by atoms with E-state index in [-0.39, 0.29) is 42.1 Å². The quantitative estimate of drug-likeness (QED) is 0.434. The van der Waals surface area contributed by atoms with Crippen LogP contribution in [0.5, 0.6) is 0 Å². The summed E-state index contributed by atoms with van der Waals surface area (Å²) >= 11 is 9.53. The fraction of sp³-hybridized carbons (Fsp3) is 0.478. The first kappa shape index (κ1) is 30.2. The second kappa shape index (κ2) is 13.9. The Bertz CT molecular complexity index is 1000. The summed E-state index contributed by atoms with van der Waals surface area (Å²) in [5.74, 6) is -0.157. The number of benzene rings is 2. The summed E-state index contributed by atoms with van der Waals surface area (Å²) < 4.78 is 50.6. The smallest absolute Gasteiger partial charge is 0.198 e. The summed E-state index contributed by atoms with van der Waals surface area (Å²) in [5, 5.41) is 0.194. The molecule has 1 saturated heterocycles. The van der Waals surface area contributed by atoms with E-state index in [0.717, 1.165) is 13.0 Å². The van der Waals surface area contributed by atoms with Crippen LogP contribution in [0.3, 0.4) is 0 Å². The van der Waals surface area contributed by atoms with Gasteiger partial charge >= 0.3 is 0 Å². The lowest BCUT2D eigenvalue weighted by molar-refractivity contribution is 0.326. The normalized spacial score (nSPS) is 17.9. The summed E-state index contributed by atoms with van der Waals surface area (Å²) in [6, 6.07) is 18.6. The highest BCUT2D eigenvalue weighted by molar-refractivity contribution is 8.10. The van der Waals surface area contributed by atoms with E-state index in [0.29, 0.717) is 18.5 Å². The lowest BCUT2D eigenvalue weighted by atomic mass is 10.1. The Morgan fingerprint density at radius 1 is 0.848 bits per heavy atom. The minimum Gasteiger partial charge on any atom is -0.306 e. The van der Waals surface area contributed by atoms with Crippen LogP contribution >= 0.6 is 35.6 Å². The first-order valence-corrected chi connectivity index (χ1v) is 14.9. The van der Waals surface area contributed by atoms with Crippen molar-refractivity contribution < 1.29 is 16.8 Å². The van der Waals surface area contributed by atoms with Crippen LogP contribution in [-0.4, -0.2) is 58.7 Å². The van der Waals surface area contributed by atoms with E-state index in [4.69, 9.17) is 23.2 Å². The average molecular weight is 557 g/mol. The molecule has 0 atom stereocenters. The molecular formula is C23H32Cl3NO4S2. The first-order valence-electron chi connectivity index (χ1n) is 10.5. The van der Waals surface area contributed by atoms with Crippen LogP contribution in [0.15, 0.2) is 60.7 Å². The minimum absolute atomic E-state index is 0. The summed E-state index contributed by atoms with van der Waals surface area (Å²) in [6.45, 7) is 1.48. The third-order valence-electron chi connectivity index (χ3n) is 5.72. The van der Waals surface area contributed by atoms with Crippen LogP contribution in [0.25, 0.3) is 0 Å². The molecule has 0 aromatic heterocycles. The molecule has 2 aromatic rings. The Morgan fingerprint density at radius 3 is 1.85 bits per heavy atom. The first-order chi connectivity index (χ1) is 15.2. The van der Waals surface area contributed by atoms with Gasteiger partial charge in [-0.3, -0.25) is 0 Å². The van der Waals surface area contributed by atoms with Crippen molar-refractivity contribution in [2.24, 2.45) is 0 Å². The van der Waals surface area contributed by atoms with Gasteiger partial charge in [0, 0.05) is 6.54 Å². The van der Waals surface area contributed by atoms with Gasteiger partial charge in [0.2, 0.25) is 0 Å². The summed E-state index contributed by atoms with van der Waals surface area (Å²) in [4.78, 5) is 2.13. The largest absolute Gasteiger partial charge is 0.306 e. The molecule has 10 heteroatoms. The van der Waals surface area contributed by atoms with E-state index >= 15 is 0 Å². The van der Waals surface area contributed by atoms with E-state index in [2.05, 4.69) is 17.0 Å². The Kier molecular flexibility index (Phi) is 12.7. The van der Waals surface area contributed by atoms with Crippen LogP contribution in [0.1, 0.15) is 30.4 Å². The van der Waals surface area contributed by atoms with Crippen molar-refractivity contribution in [1.82, 2.24) is 4.90 Å². The maximum Gasteiger partial charge on any atom is 0.198 e. The number of sulfone groups is 2. The monoisotopic (exact) mass is 555 g/mol. The average Bonchev–Trinajstić information content (AvgIpc) is 2.76. The van der Waals surface area contributed by atoms with Gasteiger partial charge in [-0.1, -0.05) is 60.7 Å². The molecule has 0 amide bonds. The molecule has 1 aliphatic heterocycles. The molecule has 0 bridgehead atoms. The predicted molar refractivity (Wildman–Crippen MR) is 141 cm³/mol. The predicted octanol–water partition coefficient (Wildman–Crippen LogP) is 4.87. The second-order valence-corrected chi connectivity index (χ2v) is 13.6. The maximum atomic E-state index is 13.1. The third-order valence-corrected chi connectivity index (χ3v) is 11.8. The van der Waals surface area contributed by atoms with Crippen molar-refractivity contribution in [3.05, 3.63) is 71.8 Å². The van der Waals surface area contributed by atoms with Crippen molar-refractivity contribution in [2.75, 3.05) is 37.0 Å². The van der Waals surface area contributed by atoms with Crippen molar-refractivity contribution in [2.45, 2.75) is 29.8 Å². The van der Waals surface area contributed by atoms with Crippen LogP contribution < -0.4 is 0 Å². The van der Waals surface area contributed by atoms with Gasteiger partial charge in [0.25, 0.3) is 0 Å². The molecule has 0 N–H and O–H groups in total. The Morgan fingerprint density at radius 2 is 1.33 bits per heavy atom. The van der Waals surface area contributed by atoms with Crippen LogP contribution in [0, 0.1) is 0 Å². The molecular weight excluding hydrogens is 525 g/mol. The van der Waals surface area contributed by atoms with Crippen molar-refractivity contribution in [3.63, 3.8) is 0 Å². The molecule has 5 nitrogen and oxygen atoms in total. The van der Waals surface area contributed by atoms with Gasteiger partial charge in [-0.05, 0) is 50.4 Å². The van der Waals surface area contributed by atoms with Gasteiger partial charge in [-0.25, -0.2) is 16.8 Å². The molecule has 1 fully saturated rings. The molecule has 1 heterocycles. The van der Waals surface area contributed by atoms with Gasteiger partial charge in [-0.2, -0.15) is 0 Å². The lowest BCUT2D eigenvalue weighted by Crippen LogP contribution is -2.50. The van der Waals surface area contributed by atoms with Gasteiger partial charge < -0.3 is 4.90 Å².